The van der Waals surface area contributed by atoms with E-state index in [-0.39, 0.29) is 29.7 Å². The van der Waals surface area contributed by atoms with Crippen LogP contribution in [0.4, 0.5) is 0 Å². The molecule has 2 saturated heterocycles. The molecule has 15 heteroatoms. The minimum Gasteiger partial charge on any atom is -0.494 e. The zero-order chi connectivity index (χ0) is 47.5. The molecule has 0 spiro atoms. The van der Waals surface area contributed by atoms with Crippen LogP contribution in [0.3, 0.4) is 0 Å². The summed E-state index contributed by atoms with van der Waals surface area (Å²) in [5.41, 5.74) is 1.06. The Balaban J connectivity index is 0.908. The fourth-order valence-corrected chi connectivity index (χ4v) is 8.75. The molecule has 2 atom stereocenters. The number of aromatic nitrogens is 1. The van der Waals surface area contributed by atoms with Gasteiger partial charge < -0.3 is 34.6 Å². The first-order valence-electron chi connectivity index (χ1n) is 24.0. The molecule has 67 heavy (non-hydrogen) atoms. The van der Waals surface area contributed by atoms with Gasteiger partial charge in [0.1, 0.15) is 29.3 Å². The van der Waals surface area contributed by atoms with Gasteiger partial charge in [0.05, 0.1) is 13.2 Å². The minimum absolute atomic E-state index is 0.0435. The van der Waals surface area contributed by atoms with Crippen molar-refractivity contribution in [2.24, 2.45) is 0 Å². The Kier molecular flexibility index (Phi) is 20.6. The SMILES string of the molecule is CC(C)NC(=O)C(C(C(=O)NC(C)C)N1CCN(CCCCCOc2ccc(C(=O)c3ccc(Cl)cc3)cn2)CC1)N1CCN(CCCCCOc2ccc(Oc3ccc(Cl)cc3)cc2)CC1. The number of carbonyl (C=O) groups is 3. The number of piperazine rings is 2. The molecule has 0 radical (unpaired) electrons. The second-order valence-electron chi connectivity index (χ2n) is 18.0. The number of hydrogen-bond donors (Lipinski definition) is 2. The molecule has 4 aromatic rings. The molecular formula is C52H69Cl2N7O6. The molecule has 13 nitrogen and oxygen atoms in total. The summed E-state index contributed by atoms with van der Waals surface area (Å²) in [6, 6.07) is 23.9. The van der Waals surface area contributed by atoms with Gasteiger partial charge in [0, 0.05) is 97.9 Å². The van der Waals surface area contributed by atoms with Crippen LogP contribution in [0.5, 0.6) is 23.1 Å². The number of amides is 2. The molecule has 3 aromatic carbocycles. The molecule has 3 heterocycles. The lowest BCUT2D eigenvalue weighted by Crippen LogP contribution is -2.68. The molecule has 2 aliphatic rings. The van der Waals surface area contributed by atoms with Crippen molar-refractivity contribution in [2.75, 3.05) is 78.7 Å². The molecule has 2 unspecified atom stereocenters. The third-order valence-corrected chi connectivity index (χ3v) is 12.5. The zero-order valence-electron chi connectivity index (χ0n) is 39.6. The van der Waals surface area contributed by atoms with Crippen molar-refractivity contribution in [3.05, 3.63) is 112 Å². The topological polar surface area (TPSA) is 129 Å². The van der Waals surface area contributed by atoms with Crippen LogP contribution in [-0.4, -0.2) is 145 Å². The number of unbranched alkanes of at least 4 members (excludes halogenated alkanes) is 4. The largest absolute Gasteiger partial charge is 0.494 e. The average molecular weight is 959 g/mol. The second kappa shape index (κ2) is 26.7. The van der Waals surface area contributed by atoms with Crippen LogP contribution < -0.4 is 24.8 Å². The van der Waals surface area contributed by atoms with Crippen molar-refractivity contribution in [1.82, 2.24) is 35.2 Å². The first-order chi connectivity index (χ1) is 32.4. The van der Waals surface area contributed by atoms with Gasteiger partial charge in [-0.3, -0.25) is 24.2 Å². The summed E-state index contributed by atoms with van der Waals surface area (Å²) in [6.45, 7) is 17.2. The lowest BCUT2D eigenvalue weighted by Gasteiger charge is -2.46. The van der Waals surface area contributed by atoms with Crippen LogP contribution in [-0.2, 0) is 9.59 Å². The van der Waals surface area contributed by atoms with Gasteiger partial charge in [-0.2, -0.15) is 0 Å². The standard InChI is InChI=1S/C52H69Cl2N7O6/c1-38(2)56-51(63)48(60-31-27-58(28-32-60)25-7-5-9-35-65-44-20-22-46(23-21-44)67-45-18-16-43(54)17-19-45)49(52(64)57-39(3)4)61-33-29-59(30-34-61)26-8-6-10-36-66-47-24-13-41(37-55-47)50(62)40-11-14-42(53)15-12-40/h11-24,37-39,48-49H,5-10,25-36H2,1-4H3,(H,56,63)(H,57,64). The van der Waals surface area contributed by atoms with Crippen LogP contribution in [0, 0.1) is 0 Å². The van der Waals surface area contributed by atoms with Gasteiger partial charge >= 0.3 is 0 Å². The predicted molar refractivity (Wildman–Crippen MR) is 266 cm³/mol. The predicted octanol–water partition coefficient (Wildman–Crippen LogP) is 8.23. The zero-order valence-corrected chi connectivity index (χ0v) is 41.2. The summed E-state index contributed by atoms with van der Waals surface area (Å²) in [5.74, 6) is 2.50. The molecule has 2 N–H and O–H groups in total. The van der Waals surface area contributed by atoms with Crippen LogP contribution in [0.25, 0.3) is 0 Å². The smallest absolute Gasteiger partial charge is 0.239 e. The van der Waals surface area contributed by atoms with Crippen molar-refractivity contribution < 1.29 is 28.6 Å². The van der Waals surface area contributed by atoms with E-state index in [1.165, 1.54) is 0 Å². The van der Waals surface area contributed by atoms with E-state index in [0.717, 1.165) is 108 Å². The number of hydrogen-bond acceptors (Lipinski definition) is 11. The molecule has 6 rings (SSSR count). The molecule has 1 aromatic heterocycles. The monoisotopic (exact) mass is 957 g/mol. The van der Waals surface area contributed by atoms with Crippen molar-refractivity contribution in [2.45, 2.75) is 90.4 Å². The number of rotatable bonds is 25. The first kappa shape index (κ1) is 51.6. The lowest BCUT2D eigenvalue weighted by atomic mass is 9.99. The van der Waals surface area contributed by atoms with Crippen molar-refractivity contribution in [1.29, 1.82) is 0 Å². The van der Waals surface area contributed by atoms with E-state index in [1.54, 1.807) is 54.7 Å². The Hall–Kier alpha value is -4.76. The number of ketones is 1. The van der Waals surface area contributed by atoms with E-state index in [4.69, 9.17) is 37.4 Å². The maximum absolute atomic E-state index is 14.1. The lowest BCUT2D eigenvalue weighted by molar-refractivity contribution is -0.141. The number of nitrogens with one attached hydrogen (secondary N) is 2. The molecule has 0 aliphatic carbocycles. The van der Waals surface area contributed by atoms with Gasteiger partial charge in [0.25, 0.3) is 0 Å². The number of benzene rings is 3. The second-order valence-corrected chi connectivity index (χ2v) is 18.9. The summed E-state index contributed by atoms with van der Waals surface area (Å²) in [4.78, 5) is 54.8. The summed E-state index contributed by atoms with van der Waals surface area (Å²) in [6.07, 6.45) is 7.55. The van der Waals surface area contributed by atoms with E-state index in [9.17, 15) is 14.4 Å². The quantitative estimate of drug-likeness (QED) is 0.0493. The summed E-state index contributed by atoms with van der Waals surface area (Å²) >= 11 is 11.9. The number of nitrogens with zero attached hydrogens (tertiary/aromatic N) is 5. The van der Waals surface area contributed by atoms with Gasteiger partial charge in [-0.15, -0.1) is 0 Å². The summed E-state index contributed by atoms with van der Waals surface area (Å²) in [7, 11) is 0. The third-order valence-electron chi connectivity index (χ3n) is 12.0. The van der Waals surface area contributed by atoms with Gasteiger partial charge in [-0.05, 0) is 158 Å². The van der Waals surface area contributed by atoms with Gasteiger partial charge in [-0.25, -0.2) is 4.98 Å². The molecule has 2 aliphatic heterocycles. The maximum atomic E-state index is 14.1. The first-order valence-corrected chi connectivity index (χ1v) is 24.8. The Bertz CT molecular complexity index is 2110. The number of ether oxygens (including phenoxy) is 3. The van der Waals surface area contributed by atoms with Crippen molar-refractivity contribution in [3.8, 4) is 23.1 Å². The number of halogens is 2. The van der Waals surface area contributed by atoms with Crippen molar-refractivity contribution >= 4 is 40.8 Å². The Morgan fingerprint density at radius 1 is 0.537 bits per heavy atom. The van der Waals surface area contributed by atoms with Crippen LogP contribution >= 0.6 is 23.2 Å². The van der Waals surface area contributed by atoms with E-state index < -0.39 is 12.1 Å². The van der Waals surface area contributed by atoms with Crippen molar-refractivity contribution in [3.63, 3.8) is 0 Å². The highest BCUT2D eigenvalue weighted by Gasteiger charge is 2.43. The number of pyridine rings is 1. The third kappa shape index (κ3) is 16.8. The van der Waals surface area contributed by atoms with E-state index in [1.807, 2.05) is 64.1 Å². The Morgan fingerprint density at radius 3 is 1.43 bits per heavy atom. The van der Waals surface area contributed by atoms with Gasteiger partial charge in [0.15, 0.2) is 5.78 Å². The van der Waals surface area contributed by atoms with Crippen LogP contribution in [0.15, 0.2) is 91.1 Å². The average Bonchev–Trinajstić information content (AvgIpc) is 3.32. The van der Waals surface area contributed by atoms with Gasteiger partial charge in [0.2, 0.25) is 17.7 Å². The number of carbonyl (C=O) groups excluding carboxylic acids is 3. The molecule has 362 valence electrons. The summed E-state index contributed by atoms with van der Waals surface area (Å²) in [5, 5.41) is 7.60. The fraction of sp³-hybridized carbons (Fsp3) is 0.500. The highest BCUT2D eigenvalue weighted by atomic mass is 35.5. The highest BCUT2D eigenvalue weighted by molar-refractivity contribution is 6.31. The van der Waals surface area contributed by atoms with E-state index >= 15 is 0 Å². The molecule has 0 bridgehead atoms. The highest BCUT2D eigenvalue weighted by Crippen LogP contribution is 2.26. The molecule has 0 saturated carbocycles. The van der Waals surface area contributed by atoms with Gasteiger partial charge in [-0.1, -0.05) is 23.2 Å². The fourth-order valence-electron chi connectivity index (χ4n) is 8.49. The Labute approximate surface area is 407 Å². The minimum atomic E-state index is -0.600. The van der Waals surface area contributed by atoms with Crippen LogP contribution in [0.2, 0.25) is 10.0 Å². The molecule has 2 fully saturated rings. The van der Waals surface area contributed by atoms with Crippen LogP contribution in [0.1, 0.15) is 82.1 Å². The Morgan fingerprint density at radius 2 is 0.970 bits per heavy atom. The maximum Gasteiger partial charge on any atom is 0.239 e. The molecular weight excluding hydrogens is 890 g/mol. The van der Waals surface area contributed by atoms with E-state index in [0.29, 0.717) is 53.4 Å². The summed E-state index contributed by atoms with van der Waals surface area (Å²) < 4.78 is 17.8. The normalized spacial score (nSPS) is 16.1. The van der Waals surface area contributed by atoms with E-state index in [2.05, 4.69) is 35.2 Å². The molecule has 2 amide bonds.